The van der Waals surface area contributed by atoms with Crippen LogP contribution >= 0.6 is 0 Å². The van der Waals surface area contributed by atoms with Crippen molar-refractivity contribution in [2.24, 2.45) is 12.8 Å². The third-order valence-electron chi connectivity index (χ3n) is 3.64. The van der Waals surface area contributed by atoms with Crippen LogP contribution in [0.2, 0.25) is 0 Å². The monoisotopic (exact) mass is 257 g/mol. The molecule has 1 heterocycles. The number of imidazole rings is 1. The van der Waals surface area contributed by atoms with Gasteiger partial charge in [0, 0.05) is 19.0 Å². The SMILES string of the molecule is Cc1cc(C)c(-c2c(C)nc(CCN)n2C)c(C)c1. The predicted octanol–water partition coefficient (Wildman–Crippen LogP) is 2.82. The zero-order chi connectivity index (χ0) is 14.2. The minimum Gasteiger partial charge on any atom is -0.331 e. The van der Waals surface area contributed by atoms with Crippen LogP contribution in [-0.4, -0.2) is 16.1 Å². The molecule has 19 heavy (non-hydrogen) atoms. The smallest absolute Gasteiger partial charge is 0.110 e. The molecule has 0 spiro atoms. The van der Waals surface area contributed by atoms with E-state index < -0.39 is 0 Å². The molecule has 0 unspecified atom stereocenters. The zero-order valence-corrected chi connectivity index (χ0v) is 12.5. The van der Waals surface area contributed by atoms with Crippen LogP contribution in [-0.2, 0) is 13.5 Å². The van der Waals surface area contributed by atoms with E-state index in [1.165, 1.54) is 27.9 Å². The second-order valence-corrected chi connectivity index (χ2v) is 5.33. The van der Waals surface area contributed by atoms with E-state index in [1.807, 2.05) is 0 Å². The molecule has 0 atom stereocenters. The molecule has 3 heteroatoms. The first-order valence-corrected chi connectivity index (χ1v) is 6.76. The Hall–Kier alpha value is -1.61. The van der Waals surface area contributed by atoms with Gasteiger partial charge in [-0.25, -0.2) is 4.98 Å². The first kappa shape index (κ1) is 13.8. The minimum absolute atomic E-state index is 0.635. The summed E-state index contributed by atoms with van der Waals surface area (Å²) in [5, 5.41) is 0. The molecule has 0 aliphatic carbocycles. The average molecular weight is 257 g/mol. The van der Waals surface area contributed by atoms with Crippen molar-refractivity contribution in [2.45, 2.75) is 34.1 Å². The first-order valence-electron chi connectivity index (χ1n) is 6.76. The Morgan fingerprint density at radius 1 is 1.11 bits per heavy atom. The molecule has 0 aliphatic rings. The fourth-order valence-electron chi connectivity index (χ4n) is 2.95. The number of nitrogens with two attached hydrogens (primary N) is 1. The third kappa shape index (κ3) is 2.43. The average Bonchev–Trinajstić information content (AvgIpc) is 2.56. The molecule has 0 saturated heterocycles. The maximum absolute atomic E-state index is 5.65. The van der Waals surface area contributed by atoms with Crippen molar-refractivity contribution in [1.29, 1.82) is 0 Å². The molecule has 102 valence electrons. The summed E-state index contributed by atoms with van der Waals surface area (Å²) in [5.74, 6) is 1.06. The van der Waals surface area contributed by atoms with Gasteiger partial charge in [0.25, 0.3) is 0 Å². The van der Waals surface area contributed by atoms with Crippen molar-refractivity contribution in [3.63, 3.8) is 0 Å². The van der Waals surface area contributed by atoms with Gasteiger partial charge in [0.05, 0.1) is 11.4 Å². The highest BCUT2D eigenvalue weighted by atomic mass is 15.1. The lowest BCUT2D eigenvalue weighted by Crippen LogP contribution is -2.08. The standard InChI is InChI=1S/C16H23N3/c1-10-8-11(2)15(12(3)9-10)16-13(4)18-14(6-7-17)19(16)5/h8-9H,6-7,17H2,1-5H3. The van der Waals surface area contributed by atoms with Gasteiger partial charge in [-0.3, -0.25) is 0 Å². The largest absolute Gasteiger partial charge is 0.331 e. The summed E-state index contributed by atoms with van der Waals surface area (Å²) >= 11 is 0. The zero-order valence-electron chi connectivity index (χ0n) is 12.5. The van der Waals surface area contributed by atoms with Crippen LogP contribution in [0.4, 0.5) is 0 Å². The Morgan fingerprint density at radius 3 is 2.21 bits per heavy atom. The number of benzene rings is 1. The van der Waals surface area contributed by atoms with Crippen LogP contribution in [0.5, 0.6) is 0 Å². The van der Waals surface area contributed by atoms with Crippen LogP contribution in [0.15, 0.2) is 12.1 Å². The van der Waals surface area contributed by atoms with E-state index in [4.69, 9.17) is 5.73 Å². The fraction of sp³-hybridized carbons (Fsp3) is 0.438. The van der Waals surface area contributed by atoms with Gasteiger partial charge in [-0.1, -0.05) is 17.7 Å². The van der Waals surface area contributed by atoms with Crippen LogP contribution in [0.3, 0.4) is 0 Å². The van der Waals surface area contributed by atoms with Gasteiger partial charge in [0.2, 0.25) is 0 Å². The van der Waals surface area contributed by atoms with E-state index in [9.17, 15) is 0 Å². The summed E-state index contributed by atoms with van der Waals surface area (Å²) in [6.45, 7) is 9.19. The van der Waals surface area contributed by atoms with Gasteiger partial charge in [0.1, 0.15) is 5.82 Å². The third-order valence-corrected chi connectivity index (χ3v) is 3.64. The Bertz CT molecular complexity index is 586. The number of hydrogen-bond acceptors (Lipinski definition) is 2. The molecule has 0 aliphatic heterocycles. The van der Waals surface area contributed by atoms with Crippen molar-refractivity contribution in [3.8, 4) is 11.3 Å². The molecule has 0 radical (unpaired) electrons. The van der Waals surface area contributed by atoms with E-state index in [-0.39, 0.29) is 0 Å². The van der Waals surface area contributed by atoms with Crippen LogP contribution < -0.4 is 5.73 Å². The quantitative estimate of drug-likeness (QED) is 0.919. The summed E-state index contributed by atoms with van der Waals surface area (Å²) < 4.78 is 2.19. The van der Waals surface area contributed by atoms with Crippen molar-refractivity contribution in [3.05, 3.63) is 40.3 Å². The van der Waals surface area contributed by atoms with Crippen molar-refractivity contribution in [2.75, 3.05) is 6.54 Å². The maximum Gasteiger partial charge on any atom is 0.110 e. The summed E-state index contributed by atoms with van der Waals surface area (Å²) in [4.78, 5) is 4.66. The summed E-state index contributed by atoms with van der Waals surface area (Å²) in [6.07, 6.45) is 0.821. The number of aryl methyl sites for hydroxylation is 4. The Balaban J connectivity index is 2.66. The summed E-state index contributed by atoms with van der Waals surface area (Å²) in [5.41, 5.74) is 13.2. The van der Waals surface area contributed by atoms with E-state index in [1.54, 1.807) is 0 Å². The van der Waals surface area contributed by atoms with Gasteiger partial charge in [0.15, 0.2) is 0 Å². The molecule has 1 aromatic heterocycles. The predicted molar refractivity (Wildman–Crippen MR) is 80.4 cm³/mol. The second-order valence-electron chi connectivity index (χ2n) is 5.33. The maximum atomic E-state index is 5.65. The lowest BCUT2D eigenvalue weighted by molar-refractivity contribution is 0.781. The van der Waals surface area contributed by atoms with Crippen LogP contribution in [0.1, 0.15) is 28.2 Å². The minimum atomic E-state index is 0.635. The molecule has 2 rings (SSSR count). The van der Waals surface area contributed by atoms with Crippen LogP contribution in [0.25, 0.3) is 11.3 Å². The molecule has 0 saturated carbocycles. The molecule has 2 aromatic rings. The number of rotatable bonds is 3. The topological polar surface area (TPSA) is 43.8 Å². The lowest BCUT2D eigenvalue weighted by Gasteiger charge is -2.13. The van der Waals surface area contributed by atoms with Gasteiger partial charge in [-0.05, 0) is 45.4 Å². The molecule has 0 bridgehead atoms. The Labute approximate surface area is 115 Å². The first-order chi connectivity index (χ1) is 8.95. The lowest BCUT2D eigenvalue weighted by atomic mass is 9.96. The van der Waals surface area contributed by atoms with Gasteiger partial charge in [-0.15, -0.1) is 0 Å². The molecule has 3 nitrogen and oxygen atoms in total. The van der Waals surface area contributed by atoms with Crippen molar-refractivity contribution < 1.29 is 0 Å². The summed E-state index contributed by atoms with van der Waals surface area (Å²) in [7, 11) is 2.08. The van der Waals surface area contributed by atoms with Crippen molar-refractivity contribution in [1.82, 2.24) is 9.55 Å². The Morgan fingerprint density at radius 2 is 1.68 bits per heavy atom. The highest BCUT2D eigenvalue weighted by molar-refractivity contribution is 5.70. The molecular formula is C16H23N3. The van der Waals surface area contributed by atoms with Crippen molar-refractivity contribution >= 4 is 0 Å². The van der Waals surface area contributed by atoms with E-state index >= 15 is 0 Å². The van der Waals surface area contributed by atoms with E-state index in [0.29, 0.717) is 6.54 Å². The van der Waals surface area contributed by atoms with E-state index in [0.717, 1.165) is 17.9 Å². The second kappa shape index (κ2) is 5.17. The molecule has 2 N–H and O–H groups in total. The molecule has 0 fully saturated rings. The van der Waals surface area contributed by atoms with Gasteiger partial charge >= 0.3 is 0 Å². The number of nitrogens with zero attached hydrogens (tertiary/aromatic N) is 2. The summed E-state index contributed by atoms with van der Waals surface area (Å²) in [6, 6.07) is 4.47. The highest BCUT2D eigenvalue weighted by Gasteiger charge is 2.16. The van der Waals surface area contributed by atoms with Crippen LogP contribution in [0, 0.1) is 27.7 Å². The molecule has 1 aromatic carbocycles. The number of aromatic nitrogens is 2. The molecular weight excluding hydrogens is 234 g/mol. The number of hydrogen-bond donors (Lipinski definition) is 1. The van der Waals surface area contributed by atoms with E-state index in [2.05, 4.69) is 56.4 Å². The Kier molecular flexibility index (Phi) is 3.76. The fourth-order valence-corrected chi connectivity index (χ4v) is 2.95. The van der Waals surface area contributed by atoms with Gasteiger partial charge < -0.3 is 10.3 Å². The highest BCUT2D eigenvalue weighted by Crippen LogP contribution is 2.31. The normalized spacial score (nSPS) is 11.1. The van der Waals surface area contributed by atoms with Gasteiger partial charge in [-0.2, -0.15) is 0 Å². The molecule has 0 amide bonds.